The number of hydrogen-bond acceptors (Lipinski definition) is 3. The Morgan fingerprint density at radius 3 is 2.47 bits per heavy atom. The summed E-state index contributed by atoms with van der Waals surface area (Å²) in [6.45, 7) is 1.81. The molecule has 2 aromatic rings. The van der Waals surface area contributed by atoms with Crippen LogP contribution in [-0.4, -0.2) is 34.6 Å². The van der Waals surface area contributed by atoms with Gasteiger partial charge < -0.3 is 10.2 Å². The van der Waals surface area contributed by atoms with Crippen molar-refractivity contribution >= 4 is 23.6 Å². The van der Waals surface area contributed by atoms with Gasteiger partial charge in [0.25, 0.3) is 0 Å². The van der Waals surface area contributed by atoms with E-state index in [1.165, 1.54) is 11.0 Å². The van der Waals surface area contributed by atoms with E-state index in [1.54, 1.807) is 36.9 Å². The molecule has 1 atom stereocenters. The van der Waals surface area contributed by atoms with E-state index >= 15 is 0 Å². The van der Waals surface area contributed by atoms with Gasteiger partial charge in [0, 0.05) is 35.2 Å². The quantitative estimate of drug-likeness (QED) is 0.585. The molecule has 2 aromatic carbocycles. The number of rotatable bonds is 9. The lowest BCUT2D eigenvalue weighted by molar-refractivity contribution is -0.140. The number of benzene rings is 2. The summed E-state index contributed by atoms with van der Waals surface area (Å²) in [6.07, 6.45) is 4.48. The molecule has 1 saturated carbocycles. The highest BCUT2D eigenvalue weighted by Gasteiger charge is 2.28. The number of thioether (sulfide) groups is 1. The van der Waals surface area contributed by atoms with Crippen molar-refractivity contribution in [3.63, 3.8) is 0 Å². The lowest BCUT2D eigenvalue weighted by atomic mass is 10.1. The number of nitrogens with zero attached hydrogens (tertiary/aromatic N) is 1. The molecule has 0 unspecified atom stereocenters. The summed E-state index contributed by atoms with van der Waals surface area (Å²) in [5.74, 6) is -0.0662. The highest BCUT2D eigenvalue weighted by atomic mass is 32.2. The summed E-state index contributed by atoms with van der Waals surface area (Å²) in [6, 6.07) is 15.8. The highest BCUT2D eigenvalue weighted by molar-refractivity contribution is 7.99. The van der Waals surface area contributed by atoms with Gasteiger partial charge in [-0.3, -0.25) is 9.59 Å². The summed E-state index contributed by atoms with van der Waals surface area (Å²) < 4.78 is 14.2. The fourth-order valence-electron chi connectivity index (χ4n) is 3.70. The van der Waals surface area contributed by atoms with Crippen LogP contribution in [0.4, 0.5) is 4.39 Å². The Morgan fingerprint density at radius 1 is 1.10 bits per heavy atom. The molecule has 160 valence electrons. The monoisotopic (exact) mass is 428 g/mol. The van der Waals surface area contributed by atoms with Crippen LogP contribution in [0, 0.1) is 5.82 Å². The predicted octanol–water partition coefficient (Wildman–Crippen LogP) is 4.78. The Bertz CT molecular complexity index is 840. The third-order valence-electron chi connectivity index (χ3n) is 5.50. The van der Waals surface area contributed by atoms with Gasteiger partial charge in [0.05, 0.1) is 0 Å². The average Bonchev–Trinajstić information content (AvgIpc) is 3.26. The molecule has 0 radical (unpaired) electrons. The van der Waals surface area contributed by atoms with Crippen LogP contribution in [0.2, 0.25) is 0 Å². The zero-order valence-corrected chi connectivity index (χ0v) is 18.2. The van der Waals surface area contributed by atoms with Gasteiger partial charge in [0.2, 0.25) is 11.8 Å². The second kappa shape index (κ2) is 11.2. The van der Waals surface area contributed by atoms with E-state index in [1.807, 2.05) is 30.3 Å². The number of halogens is 1. The third-order valence-corrected chi connectivity index (χ3v) is 6.51. The smallest absolute Gasteiger partial charge is 0.242 e. The summed E-state index contributed by atoms with van der Waals surface area (Å²) in [7, 11) is 0. The maximum absolute atomic E-state index is 14.2. The lowest BCUT2D eigenvalue weighted by Gasteiger charge is -2.30. The second-order valence-corrected chi connectivity index (χ2v) is 8.86. The van der Waals surface area contributed by atoms with Crippen molar-refractivity contribution in [2.24, 2.45) is 0 Å². The van der Waals surface area contributed by atoms with E-state index in [4.69, 9.17) is 0 Å². The lowest BCUT2D eigenvalue weighted by Crippen LogP contribution is -2.49. The average molecular weight is 429 g/mol. The molecular formula is C24H29FN2O2S. The molecule has 0 bridgehead atoms. The Kier molecular flexibility index (Phi) is 8.31. The first kappa shape index (κ1) is 22.3. The molecule has 0 saturated heterocycles. The van der Waals surface area contributed by atoms with Crippen molar-refractivity contribution in [3.05, 3.63) is 66.0 Å². The van der Waals surface area contributed by atoms with E-state index in [-0.39, 0.29) is 36.6 Å². The van der Waals surface area contributed by atoms with Gasteiger partial charge in [-0.25, -0.2) is 4.39 Å². The van der Waals surface area contributed by atoms with Gasteiger partial charge >= 0.3 is 0 Å². The molecule has 1 fully saturated rings. The molecule has 0 heterocycles. The minimum atomic E-state index is -0.653. The van der Waals surface area contributed by atoms with Gasteiger partial charge in [-0.1, -0.05) is 49.2 Å². The third kappa shape index (κ3) is 6.33. The molecule has 6 heteroatoms. The molecule has 4 nitrogen and oxygen atoms in total. The van der Waals surface area contributed by atoms with E-state index in [2.05, 4.69) is 5.32 Å². The van der Waals surface area contributed by atoms with Crippen LogP contribution in [-0.2, 0) is 16.1 Å². The topological polar surface area (TPSA) is 49.4 Å². The van der Waals surface area contributed by atoms with Crippen molar-refractivity contribution in [2.75, 3.05) is 5.75 Å². The van der Waals surface area contributed by atoms with Crippen molar-refractivity contribution in [3.8, 4) is 0 Å². The normalized spacial score (nSPS) is 15.0. The van der Waals surface area contributed by atoms with E-state index < -0.39 is 6.04 Å². The maximum Gasteiger partial charge on any atom is 0.242 e. The van der Waals surface area contributed by atoms with Gasteiger partial charge in [-0.05, 0) is 38.0 Å². The van der Waals surface area contributed by atoms with Crippen LogP contribution in [0.5, 0.6) is 0 Å². The second-order valence-electron chi connectivity index (χ2n) is 7.69. The molecule has 2 amide bonds. The Morgan fingerprint density at radius 2 is 1.77 bits per heavy atom. The summed E-state index contributed by atoms with van der Waals surface area (Å²) in [5, 5.41) is 3.06. The minimum Gasteiger partial charge on any atom is -0.352 e. The summed E-state index contributed by atoms with van der Waals surface area (Å²) in [5.41, 5.74) is 0.419. The molecule has 1 N–H and O–H groups in total. The first-order valence-electron chi connectivity index (χ1n) is 10.6. The Hall–Kier alpha value is -2.34. The summed E-state index contributed by atoms with van der Waals surface area (Å²) in [4.78, 5) is 28.5. The predicted molar refractivity (Wildman–Crippen MR) is 119 cm³/mol. The fourth-order valence-corrected chi connectivity index (χ4v) is 4.56. The van der Waals surface area contributed by atoms with Crippen molar-refractivity contribution < 1.29 is 14.0 Å². The zero-order valence-electron chi connectivity index (χ0n) is 17.4. The molecule has 0 aliphatic heterocycles. The Labute approximate surface area is 182 Å². The number of hydrogen-bond donors (Lipinski definition) is 1. The molecule has 3 rings (SSSR count). The van der Waals surface area contributed by atoms with E-state index in [0.717, 1.165) is 30.6 Å². The zero-order chi connectivity index (χ0) is 21.3. The minimum absolute atomic E-state index is 0.0841. The molecule has 0 spiro atoms. The van der Waals surface area contributed by atoms with Crippen LogP contribution in [0.25, 0.3) is 0 Å². The van der Waals surface area contributed by atoms with Crippen LogP contribution < -0.4 is 5.32 Å². The largest absolute Gasteiger partial charge is 0.352 e. The van der Waals surface area contributed by atoms with Crippen molar-refractivity contribution in [2.45, 2.75) is 62.6 Å². The van der Waals surface area contributed by atoms with Crippen LogP contribution in [0.3, 0.4) is 0 Å². The van der Waals surface area contributed by atoms with Gasteiger partial charge in [-0.2, -0.15) is 0 Å². The molecule has 1 aliphatic rings. The van der Waals surface area contributed by atoms with Crippen molar-refractivity contribution in [1.82, 2.24) is 10.2 Å². The number of carbonyl (C=O) groups is 2. The molecule has 1 aliphatic carbocycles. The van der Waals surface area contributed by atoms with Crippen LogP contribution in [0.15, 0.2) is 59.5 Å². The van der Waals surface area contributed by atoms with Crippen LogP contribution in [0.1, 0.15) is 44.6 Å². The Balaban J connectivity index is 1.66. The van der Waals surface area contributed by atoms with Crippen molar-refractivity contribution in [1.29, 1.82) is 0 Å². The standard InChI is InChI=1S/C24H29FN2O2S/c1-18(24(29)26-20-10-6-7-11-20)27(17-19-9-5-8-14-22(19)25)23(28)15-16-30-21-12-3-2-4-13-21/h2-5,8-9,12-14,18,20H,6-7,10-11,15-17H2,1H3,(H,26,29)/t18-/m1/s1. The van der Waals surface area contributed by atoms with E-state index in [0.29, 0.717) is 11.3 Å². The van der Waals surface area contributed by atoms with Gasteiger partial charge in [0.15, 0.2) is 0 Å². The molecule has 30 heavy (non-hydrogen) atoms. The first-order valence-corrected chi connectivity index (χ1v) is 11.5. The van der Waals surface area contributed by atoms with E-state index in [9.17, 15) is 14.0 Å². The molecule has 0 aromatic heterocycles. The number of amides is 2. The van der Waals surface area contributed by atoms with Crippen LogP contribution >= 0.6 is 11.8 Å². The number of carbonyl (C=O) groups excluding carboxylic acids is 2. The van der Waals surface area contributed by atoms with Gasteiger partial charge in [-0.15, -0.1) is 11.8 Å². The van der Waals surface area contributed by atoms with Gasteiger partial charge in [0.1, 0.15) is 11.9 Å². The SMILES string of the molecule is C[C@H](C(=O)NC1CCCC1)N(Cc1ccccc1F)C(=O)CCSc1ccccc1. The number of nitrogens with one attached hydrogen (secondary N) is 1. The fraction of sp³-hybridized carbons (Fsp3) is 0.417. The highest BCUT2D eigenvalue weighted by Crippen LogP contribution is 2.21. The molecular weight excluding hydrogens is 399 g/mol. The maximum atomic E-state index is 14.2. The first-order chi connectivity index (χ1) is 14.5. The summed E-state index contributed by atoms with van der Waals surface area (Å²) >= 11 is 1.60.